The Hall–Kier alpha value is -1.42. The summed E-state index contributed by atoms with van der Waals surface area (Å²) in [6.45, 7) is 0. The molecule has 1 aromatic rings. The van der Waals surface area contributed by atoms with Gasteiger partial charge in [-0.1, -0.05) is 0 Å². The molecule has 4 N–H and O–H groups in total. The minimum atomic E-state index is -0.0969. The summed E-state index contributed by atoms with van der Waals surface area (Å²) < 4.78 is 0. The first kappa shape index (κ1) is 6.70. The van der Waals surface area contributed by atoms with E-state index < -0.39 is 0 Å². The van der Waals surface area contributed by atoms with Crippen LogP contribution in [0.25, 0.3) is 0 Å². The smallest absolute Gasteiger partial charge is 0.192 e. The Morgan fingerprint density at radius 3 is 2.50 bits per heavy atom. The fraction of sp³-hybridized carbons (Fsp3) is 0. The molecule has 0 amide bonds. The summed E-state index contributed by atoms with van der Waals surface area (Å²) in [7, 11) is 0. The molecule has 0 heterocycles. The second-order valence-corrected chi connectivity index (χ2v) is 1.77. The van der Waals surface area contributed by atoms with Crippen molar-refractivity contribution in [1.29, 1.82) is 0 Å². The normalized spacial score (nSPS) is 9.30. The first-order chi connectivity index (χ1) is 4.74. The molecule has 4 nitrogen and oxygen atoms in total. The maximum atomic E-state index is 8.92. The number of phenols is 2. The van der Waals surface area contributed by atoms with Crippen molar-refractivity contribution < 1.29 is 15.1 Å². The van der Waals surface area contributed by atoms with Gasteiger partial charge in [-0.3, -0.25) is 0 Å². The molecule has 0 radical (unpaired) electrons. The molecule has 0 bridgehead atoms. The van der Waals surface area contributed by atoms with Crippen LogP contribution in [-0.4, -0.2) is 10.2 Å². The van der Waals surface area contributed by atoms with Crippen molar-refractivity contribution in [3.05, 3.63) is 18.2 Å². The molecule has 0 aliphatic rings. The second kappa shape index (κ2) is 2.45. The molecule has 0 aliphatic carbocycles. The Labute approximate surface area is 57.4 Å². The van der Waals surface area contributed by atoms with E-state index in [1.807, 2.05) is 0 Å². The van der Waals surface area contributed by atoms with Gasteiger partial charge in [0.15, 0.2) is 11.5 Å². The van der Waals surface area contributed by atoms with Gasteiger partial charge in [0.1, 0.15) is 5.75 Å². The molecule has 0 atom stereocenters. The second-order valence-electron chi connectivity index (χ2n) is 1.77. The van der Waals surface area contributed by atoms with Crippen LogP contribution in [0.4, 0.5) is 0 Å². The Morgan fingerprint density at radius 2 is 2.00 bits per heavy atom. The van der Waals surface area contributed by atoms with Crippen LogP contribution in [-0.2, 0) is 0 Å². The van der Waals surface area contributed by atoms with Crippen LogP contribution in [0.5, 0.6) is 17.2 Å². The number of rotatable bonds is 1. The van der Waals surface area contributed by atoms with E-state index in [9.17, 15) is 0 Å². The topological polar surface area (TPSA) is 75.7 Å². The quantitative estimate of drug-likeness (QED) is 0.389. The van der Waals surface area contributed by atoms with Gasteiger partial charge in [0.25, 0.3) is 0 Å². The zero-order valence-electron chi connectivity index (χ0n) is 5.11. The summed E-state index contributed by atoms with van der Waals surface area (Å²) in [6, 6.07) is 3.84. The molecular weight excluding hydrogens is 134 g/mol. The zero-order chi connectivity index (χ0) is 7.56. The van der Waals surface area contributed by atoms with Crippen LogP contribution < -0.4 is 10.7 Å². The summed E-state index contributed by atoms with van der Waals surface area (Å²) in [5, 5.41) is 17.7. The van der Waals surface area contributed by atoms with Crippen LogP contribution in [0.15, 0.2) is 18.2 Å². The lowest BCUT2D eigenvalue weighted by Crippen LogP contribution is -2.01. The molecule has 0 aliphatic heterocycles. The molecule has 0 unspecified atom stereocenters. The van der Waals surface area contributed by atoms with E-state index in [-0.39, 0.29) is 17.2 Å². The first-order valence-corrected chi connectivity index (χ1v) is 2.63. The van der Waals surface area contributed by atoms with E-state index >= 15 is 0 Å². The van der Waals surface area contributed by atoms with Crippen molar-refractivity contribution >= 4 is 0 Å². The van der Waals surface area contributed by atoms with Crippen LogP contribution >= 0.6 is 0 Å². The predicted molar refractivity (Wildman–Crippen MR) is 34.6 cm³/mol. The third-order valence-electron chi connectivity index (χ3n) is 1.07. The van der Waals surface area contributed by atoms with Gasteiger partial charge in [-0.15, -0.1) is 0 Å². The third kappa shape index (κ3) is 1.11. The van der Waals surface area contributed by atoms with Crippen molar-refractivity contribution in [3.8, 4) is 17.2 Å². The van der Waals surface area contributed by atoms with Crippen LogP contribution in [0.2, 0.25) is 0 Å². The van der Waals surface area contributed by atoms with Gasteiger partial charge in [-0.2, -0.15) is 5.90 Å². The molecule has 1 rings (SSSR count). The number of hydrogen-bond acceptors (Lipinski definition) is 4. The van der Waals surface area contributed by atoms with Gasteiger partial charge >= 0.3 is 0 Å². The molecule has 0 saturated heterocycles. The summed E-state index contributed by atoms with van der Waals surface area (Å²) >= 11 is 0. The zero-order valence-corrected chi connectivity index (χ0v) is 5.11. The Balaban J connectivity index is 3.09. The Morgan fingerprint density at radius 1 is 1.30 bits per heavy atom. The standard InChI is InChI=1S/C6H7NO3/c7-10-6-3-4(8)1-2-5(6)9/h1-3,8-9H,7H2. The fourth-order valence-corrected chi connectivity index (χ4v) is 0.597. The molecular formula is C6H7NO3. The lowest BCUT2D eigenvalue weighted by molar-refractivity contribution is 0.310. The van der Waals surface area contributed by atoms with E-state index in [1.54, 1.807) is 0 Å². The number of aromatic hydroxyl groups is 2. The van der Waals surface area contributed by atoms with Gasteiger partial charge < -0.3 is 15.1 Å². The fourth-order valence-electron chi connectivity index (χ4n) is 0.597. The van der Waals surface area contributed by atoms with Crippen molar-refractivity contribution in [2.24, 2.45) is 5.90 Å². The Bertz CT molecular complexity index is 236. The SMILES string of the molecule is NOc1cc(O)ccc1O. The van der Waals surface area contributed by atoms with Crippen molar-refractivity contribution in [1.82, 2.24) is 0 Å². The average Bonchev–Trinajstić information content (AvgIpc) is 1.94. The molecule has 0 spiro atoms. The van der Waals surface area contributed by atoms with E-state index in [0.29, 0.717) is 0 Å². The molecule has 4 heteroatoms. The highest BCUT2D eigenvalue weighted by Crippen LogP contribution is 2.28. The first-order valence-electron chi connectivity index (χ1n) is 2.63. The van der Waals surface area contributed by atoms with Crippen molar-refractivity contribution in [3.63, 3.8) is 0 Å². The maximum absolute atomic E-state index is 8.92. The minimum Gasteiger partial charge on any atom is -0.508 e. The summed E-state index contributed by atoms with van der Waals surface area (Å²) in [4.78, 5) is 4.22. The van der Waals surface area contributed by atoms with Gasteiger partial charge in [0, 0.05) is 6.07 Å². The van der Waals surface area contributed by atoms with Crippen LogP contribution in [0.3, 0.4) is 0 Å². The summed E-state index contributed by atoms with van der Waals surface area (Å²) in [5.74, 6) is 4.71. The van der Waals surface area contributed by atoms with E-state index in [1.165, 1.54) is 18.2 Å². The van der Waals surface area contributed by atoms with Gasteiger partial charge in [-0.05, 0) is 12.1 Å². The maximum Gasteiger partial charge on any atom is 0.192 e. The van der Waals surface area contributed by atoms with Crippen molar-refractivity contribution in [2.45, 2.75) is 0 Å². The highest BCUT2D eigenvalue weighted by atomic mass is 16.6. The lowest BCUT2D eigenvalue weighted by Gasteiger charge is -2.00. The van der Waals surface area contributed by atoms with E-state index in [0.717, 1.165) is 0 Å². The van der Waals surface area contributed by atoms with E-state index in [4.69, 9.17) is 16.1 Å². The van der Waals surface area contributed by atoms with Crippen LogP contribution in [0.1, 0.15) is 0 Å². The average molecular weight is 141 g/mol. The van der Waals surface area contributed by atoms with E-state index in [2.05, 4.69) is 4.84 Å². The van der Waals surface area contributed by atoms with Gasteiger partial charge in [0.2, 0.25) is 0 Å². The molecule has 10 heavy (non-hydrogen) atoms. The monoisotopic (exact) mass is 141 g/mol. The summed E-state index contributed by atoms with van der Waals surface area (Å²) in [5.41, 5.74) is 0. The molecule has 1 aromatic carbocycles. The number of nitrogens with two attached hydrogens (primary N) is 1. The summed E-state index contributed by atoms with van der Waals surface area (Å²) in [6.07, 6.45) is 0. The lowest BCUT2D eigenvalue weighted by atomic mass is 10.3. The predicted octanol–water partition coefficient (Wildman–Crippen LogP) is 0.350. The third-order valence-corrected chi connectivity index (χ3v) is 1.07. The van der Waals surface area contributed by atoms with Gasteiger partial charge in [-0.25, -0.2) is 0 Å². The highest BCUT2D eigenvalue weighted by Gasteiger charge is 2.00. The Kier molecular flexibility index (Phi) is 1.64. The molecule has 54 valence electrons. The number of hydrogen-bond donors (Lipinski definition) is 3. The molecule has 0 saturated carbocycles. The molecule has 0 fully saturated rings. The van der Waals surface area contributed by atoms with Crippen molar-refractivity contribution in [2.75, 3.05) is 0 Å². The number of benzene rings is 1. The van der Waals surface area contributed by atoms with Crippen LogP contribution in [0, 0.1) is 0 Å². The largest absolute Gasteiger partial charge is 0.508 e. The minimum absolute atomic E-state index is 0.00162. The molecule has 0 aromatic heterocycles. The highest BCUT2D eigenvalue weighted by molar-refractivity contribution is 5.43. The number of phenolic OH excluding ortho intramolecular Hbond substituents is 2. The van der Waals surface area contributed by atoms with Gasteiger partial charge in [0.05, 0.1) is 0 Å².